The van der Waals surface area contributed by atoms with E-state index in [1.165, 1.54) is 14.2 Å². The second-order valence-corrected chi connectivity index (χ2v) is 4.94. The molecule has 0 bridgehead atoms. The van der Waals surface area contributed by atoms with Crippen LogP contribution in [0.15, 0.2) is 0 Å². The Bertz CT molecular complexity index is 316. The number of ether oxygens (including phenoxy) is 2. The molecule has 3 unspecified atom stereocenters. The van der Waals surface area contributed by atoms with Crippen LogP contribution in [0.3, 0.4) is 0 Å². The van der Waals surface area contributed by atoms with Crippen molar-refractivity contribution in [3.8, 4) is 0 Å². The van der Waals surface area contributed by atoms with Gasteiger partial charge in [-0.15, -0.1) is 0 Å². The van der Waals surface area contributed by atoms with Crippen molar-refractivity contribution in [2.24, 2.45) is 17.8 Å². The molecule has 0 aromatic rings. The van der Waals surface area contributed by atoms with Crippen LogP contribution in [0, 0.1) is 17.8 Å². The first-order valence-corrected chi connectivity index (χ1v) is 6.59. The summed E-state index contributed by atoms with van der Waals surface area (Å²) in [5, 5.41) is 11.9. The first-order valence-electron chi connectivity index (χ1n) is 6.59. The first kappa shape index (κ1) is 15.9. The molecule has 1 amide bonds. The summed E-state index contributed by atoms with van der Waals surface area (Å²) >= 11 is 0. The molecule has 0 spiro atoms. The summed E-state index contributed by atoms with van der Waals surface area (Å²) in [5.74, 6) is -1.81. The van der Waals surface area contributed by atoms with E-state index in [0.29, 0.717) is 18.8 Å². The maximum absolute atomic E-state index is 12.1. The fraction of sp³-hybridized carbons (Fsp3) is 0.846. The average molecular weight is 273 g/mol. The lowest BCUT2D eigenvalue weighted by molar-refractivity contribution is -0.146. The lowest BCUT2D eigenvalue weighted by Crippen LogP contribution is -2.40. The van der Waals surface area contributed by atoms with E-state index in [9.17, 15) is 14.7 Å². The van der Waals surface area contributed by atoms with Gasteiger partial charge >= 0.3 is 5.97 Å². The highest BCUT2D eigenvalue weighted by Crippen LogP contribution is 2.38. The number of carboxylic acid groups (broad SMARTS) is 1. The maximum Gasteiger partial charge on any atom is 0.307 e. The molecule has 1 rings (SSSR count). The zero-order chi connectivity index (χ0) is 14.4. The molecule has 6 heteroatoms. The molecule has 0 radical (unpaired) electrons. The van der Waals surface area contributed by atoms with Gasteiger partial charge in [0.05, 0.1) is 18.4 Å². The quantitative estimate of drug-likeness (QED) is 0.672. The Labute approximate surface area is 113 Å². The zero-order valence-corrected chi connectivity index (χ0v) is 11.7. The summed E-state index contributed by atoms with van der Waals surface area (Å²) in [6.07, 6.45) is 1.63. The number of aliphatic carboxylic acids is 1. The summed E-state index contributed by atoms with van der Waals surface area (Å²) in [4.78, 5) is 23.3. The molecule has 0 aromatic carbocycles. The van der Waals surface area contributed by atoms with Crippen molar-refractivity contribution >= 4 is 11.9 Å². The Morgan fingerprint density at radius 1 is 1.26 bits per heavy atom. The molecule has 2 N–H and O–H groups in total. The van der Waals surface area contributed by atoms with Gasteiger partial charge in [0.2, 0.25) is 5.91 Å². The summed E-state index contributed by atoms with van der Waals surface area (Å²) in [5.41, 5.74) is 0. The number of amides is 1. The third-order valence-corrected chi connectivity index (χ3v) is 3.86. The second-order valence-electron chi connectivity index (χ2n) is 4.94. The molecule has 0 aromatic heterocycles. The van der Waals surface area contributed by atoms with Crippen LogP contribution in [0.25, 0.3) is 0 Å². The highest BCUT2D eigenvalue weighted by atomic mass is 16.7. The van der Waals surface area contributed by atoms with E-state index < -0.39 is 24.1 Å². The Morgan fingerprint density at radius 2 is 1.84 bits per heavy atom. The molecular formula is C13H23NO5. The van der Waals surface area contributed by atoms with Crippen molar-refractivity contribution in [1.82, 2.24) is 5.32 Å². The van der Waals surface area contributed by atoms with Gasteiger partial charge in [0.25, 0.3) is 0 Å². The highest BCUT2D eigenvalue weighted by Gasteiger charge is 2.42. The van der Waals surface area contributed by atoms with Gasteiger partial charge in [-0.3, -0.25) is 9.59 Å². The van der Waals surface area contributed by atoms with Crippen LogP contribution in [0.2, 0.25) is 0 Å². The first-order chi connectivity index (χ1) is 9.03. The average Bonchev–Trinajstić information content (AvgIpc) is 2.84. The van der Waals surface area contributed by atoms with Gasteiger partial charge in [-0.1, -0.05) is 13.3 Å². The highest BCUT2D eigenvalue weighted by molar-refractivity contribution is 5.85. The number of carbonyl (C=O) groups excluding carboxylic acids is 1. The van der Waals surface area contributed by atoms with Crippen LogP contribution in [-0.4, -0.2) is 44.0 Å². The summed E-state index contributed by atoms with van der Waals surface area (Å²) in [6.45, 7) is 2.25. The van der Waals surface area contributed by atoms with E-state index in [1.807, 2.05) is 6.92 Å². The van der Waals surface area contributed by atoms with Gasteiger partial charge in [0.15, 0.2) is 6.29 Å². The summed E-state index contributed by atoms with van der Waals surface area (Å²) in [7, 11) is 2.98. The smallest absolute Gasteiger partial charge is 0.307 e. The molecular weight excluding hydrogens is 250 g/mol. The second kappa shape index (κ2) is 7.45. The van der Waals surface area contributed by atoms with E-state index in [1.54, 1.807) is 0 Å². The molecule has 6 nitrogen and oxygen atoms in total. The van der Waals surface area contributed by atoms with Crippen molar-refractivity contribution in [2.45, 2.75) is 32.5 Å². The minimum absolute atomic E-state index is 0.220. The van der Waals surface area contributed by atoms with Crippen molar-refractivity contribution in [3.05, 3.63) is 0 Å². The molecule has 0 aliphatic heterocycles. The Balaban J connectivity index is 2.56. The third kappa shape index (κ3) is 4.18. The number of nitrogens with one attached hydrogen (secondary N) is 1. The Kier molecular flexibility index (Phi) is 6.24. The number of carbonyl (C=O) groups is 2. The third-order valence-electron chi connectivity index (χ3n) is 3.86. The van der Waals surface area contributed by atoms with Crippen molar-refractivity contribution in [1.29, 1.82) is 0 Å². The zero-order valence-electron chi connectivity index (χ0n) is 11.7. The van der Waals surface area contributed by atoms with Crippen molar-refractivity contribution in [2.75, 3.05) is 20.8 Å². The molecule has 110 valence electrons. The van der Waals surface area contributed by atoms with Crippen molar-refractivity contribution < 1.29 is 24.2 Å². The minimum Gasteiger partial charge on any atom is -0.481 e. The largest absolute Gasteiger partial charge is 0.481 e. The van der Waals surface area contributed by atoms with Gasteiger partial charge in [-0.05, 0) is 18.8 Å². The normalized spacial score (nSPS) is 26.6. The van der Waals surface area contributed by atoms with Crippen LogP contribution in [0.5, 0.6) is 0 Å². The summed E-state index contributed by atoms with van der Waals surface area (Å²) in [6, 6.07) is 0. The van der Waals surface area contributed by atoms with Crippen LogP contribution in [0.1, 0.15) is 26.2 Å². The van der Waals surface area contributed by atoms with E-state index >= 15 is 0 Å². The van der Waals surface area contributed by atoms with E-state index in [0.717, 1.165) is 6.42 Å². The van der Waals surface area contributed by atoms with Crippen molar-refractivity contribution in [3.63, 3.8) is 0 Å². The van der Waals surface area contributed by atoms with Crippen LogP contribution in [-0.2, 0) is 19.1 Å². The Hall–Kier alpha value is -1.14. The predicted molar refractivity (Wildman–Crippen MR) is 68.4 cm³/mol. The topological polar surface area (TPSA) is 84.9 Å². The molecule has 1 aliphatic carbocycles. The predicted octanol–water partition coefficient (Wildman–Crippen LogP) is 0.858. The van der Waals surface area contributed by atoms with E-state index in [2.05, 4.69) is 5.32 Å². The number of hydrogen-bond acceptors (Lipinski definition) is 4. The maximum atomic E-state index is 12.1. The monoisotopic (exact) mass is 273 g/mol. The minimum atomic E-state index is -0.883. The fourth-order valence-electron chi connectivity index (χ4n) is 2.62. The van der Waals surface area contributed by atoms with Gasteiger partial charge in [-0.2, -0.15) is 0 Å². The van der Waals surface area contributed by atoms with Crippen LogP contribution >= 0.6 is 0 Å². The van der Waals surface area contributed by atoms with Gasteiger partial charge in [0.1, 0.15) is 0 Å². The molecule has 19 heavy (non-hydrogen) atoms. The Morgan fingerprint density at radius 3 is 2.32 bits per heavy atom. The number of rotatable bonds is 7. The van der Waals surface area contributed by atoms with Crippen LogP contribution in [0.4, 0.5) is 0 Å². The number of carboxylic acids is 1. The molecule has 0 heterocycles. The van der Waals surface area contributed by atoms with E-state index in [4.69, 9.17) is 9.47 Å². The molecule has 1 fully saturated rings. The van der Waals surface area contributed by atoms with Gasteiger partial charge in [-0.25, -0.2) is 0 Å². The van der Waals surface area contributed by atoms with E-state index in [-0.39, 0.29) is 12.5 Å². The van der Waals surface area contributed by atoms with Gasteiger partial charge in [0, 0.05) is 14.2 Å². The van der Waals surface area contributed by atoms with Gasteiger partial charge < -0.3 is 19.9 Å². The molecule has 1 saturated carbocycles. The lowest BCUT2D eigenvalue weighted by atomic mass is 9.95. The number of methoxy groups -OCH3 is 2. The molecule has 0 saturated heterocycles. The summed E-state index contributed by atoms with van der Waals surface area (Å²) < 4.78 is 9.95. The lowest BCUT2D eigenvalue weighted by Gasteiger charge is -2.18. The SMILES string of the molecule is CCC1CC(C(=O)O)C(C(=O)NCC(OC)OC)C1. The number of hydrogen-bond donors (Lipinski definition) is 2. The standard InChI is InChI=1S/C13H23NO5/c1-4-8-5-9(10(6-8)13(16)17)12(15)14-7-11(18-2)19-3/h8-11H,4-7H2,1-3H3,(H,14,15)(H,16,17). The van der Waals surface area contributed by atoms with Crippen LogP contribution < -0.4 is 5.32 Å². The fourth-order valence-corrected chi connectivity index (χ4v) is 2.62. The molecule has 3 atom stereocenters. The molecule has 1 aliphatic rings.